The molecule has 0 amide bonds. The second-order valence-corrected chi connectivity index (χ2v) is 6.81. The summed E-state index contributed by atoms with van der Waals surface area (Å²) >= 11 is 0. The largest absolute Gasteiger partial charge is 0.497 e. The van der Waals surface area contributed by atoms with Gasteiger partial charge in [-0.05, 0) is 36.6 Å². The number of rotatable bonds is 8. The molecule has 0 aliphatic rings. The van der Waals surface area contributed by atoms with Gasteiger partial charge < -0.3 is 14.6 Å². The molecule has 0 unspecified atom stereocenters. The third-order valence-corrected chi connectivity index (χ3v) is 4.40. The van der Waals surface area contributed by atoms with Gasteiger partial charge >= 0.3 is 0 Å². The highest BCUT2D eigenvalue weighted by Crippen LogP contribution is 2.23. The minimum Gasteiger partial charge on any atom is -0.497 e. The molecule has 0 spiro atoms. The second kappa shape index (κ2) is 8.17. The van der Waals surface area contributed by atoms with Crippen molar-refractivity contribution in [3.05, 3.63) is 59.9 Å². The highest BCUT2D eigenvalue weighted by Gasteiger charge is 2.12. The van der Waals surface area contributed by atoms with E-state index in [4.69, 9.17) is 9.72 Å². The standard InChI is InChI=1S/C21H27N3O/c1-16(2)11-12-22-14-21-23-19-13-18(25-3)9-10-20(19)24(21)15-17-7-5-4-6-8-17/h4-10,13,16,22H,11-12,14-15H2,1-3H3. The van der Waals surface area contributed by atoms with Gasteiger partial charge in [0.15, 0.2) is 0 Å². The molecule has 1 N–H and O–H groups in total. The van der Waals surface area contributed by atoms with Gasteiger partial charge in [-0.3, -0.25) is 0 Å². The predicted molar refractivity (Wildman–Crippen MR) is 103 cm³/mol. The second-order valence-electron chi connectivity index (χ2n) is 6.81. The fraction of sp³-hybridized carbons (Fsp3) is 0.381. The molecule has 0 radical (unpaired) electrons. The van der Waals surface area contributed by atoms with Gasteiger partial charge in [0.05, 0.1) is 24.7 Å². The summed E-state index contributed by atoms with van der Waals surface area (Å²) in [5.41, 5.74) is 3.40. The van der Waals surface area contributed by atoms with Crippen molar-refractivity contribution in [2.45, 2.75) is 33.4 Å². The van der Waals surface area contributed by atoms with Crippen LogP contribution in [0.25, 0.3) is 11.0 Å². The van der Waals surface area contributed by atoms with Crippen LogP contribution in [-0.2, 0) is 13.1 Å². The molecule has 0 fully saturated rings. The van der Waals surface area contributed by atoms with Crippen LogP contribution in [0.5, 0.6) is 5.75 Å². The van der Waals surface area contributed by atoms with Gasteiger partial charge in [-0.1, -0.05) is 44.2 Å². The van der Waals surface area contributed by atoms with Crippen molar-refractivity contribution in [3.8, 4) is 5.75 Å². The quantitative estimate of drug-likeness (QED) is 0.625. The highest BCUT2D eigenvalue weighted by atomic mass is 16.5. The molecule has 3 aromatic rings. The van der Waals surface area contributed by atoms with Crippen LogP contribution in [-0.4, -0.2) is 23.2 Å². The summed E-state index contributed by atoms with van der Waals surface area (Å²) in [7, 11) is 1.69. The maximum atomic E-state index is 5.35. The van der Waals surface area contributed by atoms with E-state index in [-0.39, 0.29) is 0 Å². The molecule has 0 bridgehead atoms. The van der Waals surface area contributed by atoms with Crippen molar-refractivity contribution in [1.29, 1.82) is 0 Å². The van der Waals surface area contributed by atoms with E-state index in [0.717, 1.165) is 42.2 Å². The van der Waals surface area contributed by atoms with E-state index in [2.05, 4.69) is 60.1 Å². The van der Waals surface area contributed by atoms with Gasteiger partial charge in [0.1, 0.15) is 11.6 Å². The van der Waals surface area contributed by atoms with Crippen molar-refractivity contribution < 1.29 is 4.74 Å². The molecule has 1 heterocycles. The lowest BCUT2D eigenvalue weighted by molar-refractivity contribution is 0.415. The van der Waals surface area contributed by atoms with Crippen LogP contribution >= 0.6 is 0 Å². The average Bonchev–Trinajstić information content (AvgIpc) is 2.96. The Labute approximate surface area is 149 Å². The maximum Gasteiger partial charge on any atom is 0.124 e. The highest BCUT2D eigenvalue weighted by molar-refractivity contribution is 5.78. The third-order valence-electron chi connectivity index (χ3n) is 4.40. The van der Waals surface area contributed by atoms with E-state index in [1.54, 1.807) is 7.11 Å². The van der Waals surface area contributed by atoms with Crippen molar-refractivity contribution in [2.24, 2.45) is 5.92 Å². The van der Waals surface area contributed by atoms with E-state index in [1.165, 1.54) is 12.0 Å². The number of nitrogens with zero attached hydrogens (tertiary/aromatic N) is 2. The molecule has 1 aromatic heterocycles. The smallest absolute Gasteiger partial charge is 0.124 e. The molecular formula is C21H27N3O. The zero-order valence-electron chi connectivity index (χ0n) is 15.3. The first kappa shape index (κ1) is 17.5. The first-order valence-electron chi connectivity index (χ1n) is 8.95. The molecule has 0 aliphatic carbocycles. The summed E-state index contributed by atoms with van der Waals surface area (Å²) in [6, 6.07) is 16.6. The maximum absolute atomic E-state index is 5.35. The van der Waals surface area contributed by atoms with Gasteiger partial charge in [-0.15, -0.1) is 0 Å². The van der Waals surface area contributed by atoms with Gasteiger partial charge in [-0.2, -0.15) is 0 Å². The lowest BCUT2D eigenvalue weighted by Crippen LogP contribution is -2.19. The Morgan fingerprint density at radius 2 is 1.92 bits per heavy atom. The van der Waals surface area contributed by atoms with Crippen LogP contribution in [0.2, 0.25) is 0 Å². The van der Waals surface area contributed by atoms with Crippen LogP contribution < -0.4 is 10.1 Å². The lowest BCUT2D eigenvalue weighted by atomic mass is 10.1. The minimum absolute atomic E-state index is 0.708. The Kier molecular flexibility index (Phi) is 5.71. The van der Waals surface area contributed by atoms with Gasteiger partial charge in [0.25, 0.3) is 0 Å². The molecule has 132 valence electrons. The summed E-state index contributed by atoms with van der Waals surface area (Å²) in [6.07, 6.45) is 1.17. The molecule has 0 atom stereocenters. The average molecular weight is 337 g/mol. The zero-order chi connectivity index (χ0) is 17.6. The molecular weight excluding hydrogens is 310 g/mol. The van der Waals surface area contributed by atoms with Crippen molar-refractivity contribution >= 4 is 11.0 Å². The van der Waals surface area contributed by atoms with E-state index in [1.807, 2.05) is 12.1 Å². The Morgan fingerprint density at radius 3 is 2.64 bits per heavy atom. The molecule has 0 saturated heterocycles. The third kappa shape index (κ3) is 4.40. The SMILES string of the molecule is COc1ccc2c(c1)nc(CNCCC(C)C)n2Cc1ccccc1. The minimum atomic E-state index is 0.708. The molecule has 4 nitrogen and oxygen atoms in total. The molecule has 0 saturated carbocycles. The van der Waals surface area contributed by atoms with Crippen LogP contribution in [0, 0.1) is 5.92 Å². The van der Waals surface area contributed by atoms with E-state index in [9.17, 15) is 0 Å². The Hall–Kier alpha value is -2.33. The van der Waals surface area contributed by atoms with E-state index >= 15 is 0 Å². The normalized spacial score (nSPS) is 11.4. The predicted octanol–water partition coefficient (Wildman–Crippen LogP) is 4.23. The zero-order valence-corrected chi connectivity index (χ0v) is 15.3. The number of benzene rings is 2. The number of imidazole rings is 1. The summed E-state index contributed by atoms with van der Waals surface area (Å²) in [4.78, 5) is 4.85. The van der Waals surface area contributed by atoms with Gasteiger partial charge in [0.2, 0.25) is 0 Å². The fourth-order valence-electron chi connectivity index (χ4n) is 2.95. The monoisotopic (exact) mass is 337 g/mol. The number of ether oxygens (including phenoxy) is 1. The van der Waals surface area contributed by atoms with Crippen LogP contribution in [0.1, 0.15) is 31.7 Å². The summed E-state index contributed by atoms with van der Waals surface area (Å²) in [5, 5.41) is 3.53. The Morgan fingerprint density at radius 1 is 1.12 bits per heavy atom. The fourth-order valence-corrected chi connectivity index (χ4v) is 2.95. The number of fused-ring (bicyclic) bond motifs is 1. The topological polar surface area (TPSA) is 39.1 Å². The first-order chi connectivity index (χ1) is 12.2. The molecule has 4 heteroatoms. The Bertz CT molecular complexity index is 809. The molecule has 0 aliphatic heterocycles. The summed E-state index contributed by atoms with van der Waals surface area (Å²) < 4.78 is 7.65. The number of hydrogen-bond acceptors (Lipinski definition) is 3. The number of hydrogen-bond donors (Lipinski definition) is 1. The van der Waals surface area contributed by atoms with Crippen molar-refractivity contribution in [3.63, 3.8) is 0 Å². The molecule has 2 aromatic carbocycles. The van der Waals surface area contributed by atoms with Gasteiger partial charge in [-0.25, -0.2) is 4.98 Å². The van der Waals surface area contributed by atoms with Crippen molar-refractivity contribution in [2.75, 3.05) is 13.7 Å². The summed E-state index contributed by atoms with van der Waals surface area (Å²) in [6.45, 7) is 7.11. The molecule has 25 heavy (non-hydrogen) atoms. The van der Waals surface area contributed by atoms with Gasteiger partial charge in [0, 0.05) is 12.6 Å². The number of methoxy groups -OCH3 is 1. The van der Waals surface area contributed by atoms with Crippen LogP contribution in [0.15, 0.2) is 48.5 Å². The molecule has 3 rings (SSSR count). The summed E-state index contributed by atoms with van der Waals surface area (Å²) in [5.74, 6) is 2.62. The van der Waals surface area contributed by atoms with Crippen LogP contribution in [0.3, 0.4) is 0 Å². The van der Waals surface area contributed by atoms with E-state index < -0.39 is 0 Å². The van der Waals surface area contributed by atoms with E-state index in [0.29, 0.717) is 5.92 Å². The first-order valence-corrected chi connectivity index (χ1v) is 8.95. The van der Waals surface area contributed by atoms with Crippen LogP contribution in [0.4, 0.5) is 0 Å². The Balaban J connectivity index is 1.88. The van der Waals surface area contributed by atoms with Crippen molar-refractivity contribution in [1.82, 2.24) is 14.9 Å². The number of nitrogens with one attached hydrogen (secondary N) is 1. The lowest BCUT2D eigenvalue weighted by Gasteiger charge is -2.11. The number of aromatic nitrogens is 2.